The van der Waals surface area contributed by atoms with Gasteiger partial charge in [0, 0.05) is 13.1 Å². The molecule has 0 fully saturated rings. The van der Waals surface area contributed by atoms with Gasteiger partial charge < -0.3 is 10.2 Å². The molecule has 0 bridgehead atoms. The van der Waals surface area contributed by atoms with Gasteiger partial charge in [-0.1, -0.05) is 72.8 Å². The minimum absolute atomic E-state index is 0.934. The van der Waals surface area contributed by atoms with Crippen LogP contribution in [0.15, 0.2) is 72.8 Å². The molecular weight excluding hydrogens is 292 g/mol. The molecule has 2 heteroatoms. The van der Waals surface area contributed by atoms with E-state index >= 15 is 0 Å². The number of nitrogens with zero attached hydrogens (tertiary/aromatic N) is 1. The molecule has 0 aliphatic rings. The molecule has 124 valence electrons. The molecule has 0 saturated carbocycles. The normalized spacial score (nSPS) is 11.2. The van der Waals surface area contributed by atoms with Crippen molar-refractivity contribution >= 4 is 10.8 Å². The lowest BCUT2D eigenvalue weighted by Crippen LogP contribution is -2.23. The van der Waals surface area contributed by atoms with Crippen molar-refractivity contribution in [2.75, 3.05) is 20.1 Å². The third kappa shape index (κ3) is 4.67. The molecule has 0 aromatic heterocycles. The fourth-order valence-electron chi connectivity index (χ4n) is 3.12. The van der Waals surface area contributed by atoms with Gasteiger partial charge in [-0.15, -0.1) is 0 Å². The Hall–Kier alpha value is -2.16. The number of fused-ring (bicyclic) bond motifs is 1. The summed E-state index contributed by atoms with van der Waals surface area (Å²) < 4.78 is 0. The van der Waals surface area contributed by atoms with E-state index in [2.05, 4.69) is 90.1 Å². The predicted molar refractivity (Wildman–Crippen MR) is 103 cm³/mol. The minimum atomic E-state index is 0.934. The van der Waals surface area contributed by atoms with Crippen LogP contribution in [0.5, 0.6) is 0 Å². The zero-order valence-corrected chi connectivity index (χ0v) is 14.4. The first-order valence-electron chi connectivity index (χ1n) is 8.73. The van der Waals surface area contributed by atoms with E-state index in [4.69, 9.17) is 0 Å². The Balaban J connectivity index is 1.41. The molecule has 0 atom stereocenters. The molecule has 3 rings (SSSR count). The minimum Gasteiger partial charge on any atom is -0.313 e. The van der Waals surface area contributed by atoms with Gasteiger partial charge in [0.1, 0.15) is 0 Å². The number of benzene rings is 3. The molecule has 3 aromatic carbocycles. The maximum Gasteiger partial charge on any atom is 0.0230 e. The maximum absolute atomic E-state index is 3.59. The Morgan fingerprint density at radius 3 is 2.46 bits per heavy atom. The fourth-order valence-corrected chi connectivity index (χ4v) is 3.12. The summed E-state index contributed by atoms with van der Waals surface area (Å²) in [5.41, 5.74) is 2.76. The second kappa shape index (κ2) is 8.62. The number of hydrogen-bond donors (Lipinski definition) is 1. The molecule has 0 aliphatic heterocycles. The molecule has 0 saturated heterocycles. The smallest absolute Gasteiger partial charge is 0.0230 e. The molecule has 24 heavy (non-hydrogen) atoms. The summed E-state index contributed by atoms with van der Waals surface area (Å²) in [6.07, 6.45) is 1.16. The van der Waals surface area contributed by atoms with Crippen molar-refractivity contribution in [3.05, 3.63) is 83.9 Å². The van der Waals surface area contributed by atoms with Crippen LogP contribution in [-0.4, -0.2) is 25.0 Å². The van der Waals surface area contributed by atoms with Gasteiger partial charge in [-0.05, 0) is 48.5 Å². The summed E-state index contributed by atoms with van der Waals surface area (Å²) in [6.45, 7) is 4.10. The monoisotopic (exact) mass is 318 g/mol. The Labute approximate surface area is 145 Å². The van der Waals surface area contributed by atoms with Crippen molar-refractivity contribution in [1.29, 1.82) is 0 Å². The third-order valence-corrected chi connectivity index (χ3v) is 4.38. The highest BCUT2D eigenvalue weighted by atomic mass is 15.1. The van der Waals surface area contributed by atoms with Gasteiger partial charge in [-0.25, -0.2) is 0 Å². The fraction of sp³-hybridized carbons (Fsp3) is 0.273. The second-order valence-electron chi connectivity index (χ2n) is 6.39. The summed E-state index contributed by atoms with van der Waals surface area (Å²) >= 11 is 0. The van der Waals surface area contributed by atoms with Crippen molar-refractivity contribution in [1.82, 2.24) is 10.2 Å². The van der Waals surface area contributed by atoms with E-state index in [-0.39, 0.29) is 0 Å². The van der Waals surface area contributed by atoms with E-state index in [9.17, 15) is 0 Å². The van der Waals surface area contributed by atoms with Gasteiger partial charge in [-0.3, -0.25) is 0 Å². The van der Waals surface area contributed by atoms with Crippen LogP contribution < -0.4 is 5.32 Å². The van der Waals surface area contributed by atoms with Crippen LogP contribution in [0.2, 0.25) is 0 Å². The van der Waals surface area contributed by atoms with Crippen molar-refractivity contribution in [2.24, 2.45) is 0 Å². The van der Waals surface area contributed by atoms with Gasteiger partial charge in [0.2, 0.25) is 0 Å². The van der Waals surface area contributed by atoms with Crippen LogP contribution in [0, 0.1) is 0 Å². The van der Waals surface area contributed by atoms with Crippen LogP contribution in [0.4, 0.5) is 0 Å². The predicted octanol–water partition coefficient (Wildman–Crippen LogP) is 4.45. The molecule has 0 spiro atoms. The van der Waals surface area contributed by atoms with E-state index in [1.807, 2.05) is 0 Å². The highest BCUT2D eigenvalue weighted by Crippen LogP contribution is 2.18. The zero-order chi connectivity index (χ0) is 16.6. The number of hydrogen-bond acceptors (Lipinski definition) is 2. The first-order chi connectivity index (χ1) is 11.8. The molecule has 3 aromatic rings. The van der Waals surface area contributed by atoms with E-state index in [0.29, 0.717) is 0 Å². The molecule has 2 nitrogen and oxygen atoms in total. The van der Waals surface area contributed by atoms with Gasteiger partial charge >= 0.3 is 0 Å². The number of nitrogens with one attached hydrogen (secondary N) is 1. The Morgan fingerprint density at radius 1 is 0.833 bits per heavy atom. The standard InChI is InChI=1S/C22H26N2/c1-24(18-19-9-3-2-4-10-19)16-8-15-23-17-21-13-7-12-20-11-5-6-14-22(20)21/h2-7,9-14,23H,8,15-18H2,1H3. The Kier molecular flexibility index (Phi) is 6.00. The SMILES string of the molecule is CN(CCCNCc1cccc2ccccc12)Cc1ccccc1. The van der Waals surface area contributed by atoms with Gasteiger partial charge in [0.05, 0.1) is 0 Å². The number of rotatable bonds is 8. The average Bonchev–Trinajstić information content (AvgIpc) is 2.62. The van der Waals surface area contributed by atoms with Crippen molar-refractivity contribution in [2.45, 2.75) is 19.5 Å². The average molecular weight is 318 g/mol. The van der Waals surface area contributed by atoms with E-state index in [1.165, 1.54) is 21.9 Å². The van der Waals surface area contributed by atoms with Crippen LogP contribution in [0.25, 0.3) is 10.8 Å². The highest BCUT2D eigenvalue weighted by Gasteiger charge is 2.01. The van der Waals surface area contributed by atoms with Crippen molar-refractivity contribution in [3.63, 3.8) is 0 Å². The van der Waals surface area contributed by atoms with Crippen molar-refractivity contribution in [3.8, 4) is 0 Å². The molecule has 0 amide bonds. The van der Waals surface area contributed by atoms with Gasteiger partial charge in [0.25, 0.3) is 0 Å². The summed E-state index contributed by atoms with van der Waals surface area (Å²) in [7, 11) is 2.19. The lowest BCUT2D eigenvalue weighted by molar-refractivity contribution is 0.319. The molecule has 1 N–H and O–H groups in total. The first-order valence-corrected chi connectivity index (χ1v) is 8.73. The molecule has 0 radical (unpaired) electrons. The Bertz CT molecular complexity index is 747. The topological polar surface area (TPSA) is 15.3 Å². The maximum atomic E-state index is 3.59. The summed E-state index contributed by atoms with van der Waals surface area (Å²) in [6, 6.07) is 25.8. The van der Waals surface area contributed by atoms with Crippen LogP contribution in [-0.2, 0) is 13.1 Å². The molecule has 0 unspecified atom stereocenters. The first kappa shape index (κ1) is 16.7. The quantitative estimate of drug-likeness (QED) is 0.617. The molecule has 0 aliphatic carbocycles. The highest BCUT2D eigenvalue weighted by molar-refractivity contribution is 5.85. The molecular formula is C22H26N2. The van der Waals surface area contributed by atoms with E-state index in [1.54, 1.807) is 0 Å². The van der Waals surface area contributed by atoms with Gasteiger partial charge in [0.15, 0.2) is 0 Å². The summed E-state index contributed by atoms with van der Waals surface area (Å²) in [5, 5.41) is 6.26. The Morgan fingerprint density at radius 2 is 1.58 bits per heavy atom. The van der Waals surface area contributed by atoms with Crippen LogP contribution >= 0.6 is 0 Å². The largest absolute Gasteiger partial charge is 0.313 e. The lowest BCUT2D eigenvalue weighted by atomic mass is 10.0. The van der Waals surface area contributed by atoms with E-state index < -0.39 is 0 Å². The lowest BCUT2D eigenvalue weighted by Gasteiger charge is -2.17. The summed E-state index contributed by atoms with van der Waals surface area (Å²) in [5.74, 6) is 0. The van der Waals surface area contributed by atoms with Crippen LogP contribution in [0.1, 0.15) is 17.5 Å². The van der Waals surface area contributed by atoms with E-state index in [0.717, 1.165) is 32.6 Å². The third-order valence-electron chi connectivity index (χ3n) is 4.38. The second-order valence-corrected chi connectivity index (χ2v) is 6.39. The van der Waals surface area contributed by atoms with Crippen LogP contribution in [0.3, 0.4) is 0 Å². The zero-order valence-electron chi connectivity index (χ0n) is 14.4. The van der Waals surface area contributed by atoms with Gasteiger partial charge in [-0.2, -0.15) is 0 Å². The summed E-state index contributed by atoms with van der Waals surface area (Å²) in [4.78, 5) is 2.38. The molecule has 0 heterocycles. The van der Waals surface area contributed by atoms with Crippen molar-refractivity contribution < 1.29 is 0 Å².